The van der Waals surface area contributed by atoms with Gasteiger partial charge in [0.25, 0.3) is 0 Å². The molecule has 2 nitrogen and oxygen atoms in total. The third-order valence-electron chi connectivity index (χ3n) is 2.48. The van der Waals surface area contributed by atoms with Crippen LogP contribution in [-0.2, 0) is 9.52 Å². The van der Waals surface area contributed by atoms with Gasteiger partial charge in [0.05, 0.1) is 5.88 Å². The molecule has 0 saturated heterocycles. The van der Waals surface area contributed by atoms with Gasteiger partial charge in [-0.25, -0.2) is 0 Å². The topological polar surface area (TPSA) is 29.1 Å². The molecule has 0 radical (unpaired) electrons. The van der Waals surface area contributed by atoms with Crippen LogP contribution < -0.4 is 5.32 Å². The standard InChI is InChI=1S/C14H19NOS/c1-11(2)13(4)15-10-17(5,16)14-8-6-12(3)7-9-14/h6-9,15H,1,4-5,10H2,2-3H3. The minimum absolute atomic E-state index is 0.280. The van der Waals surface area contributed by atoms with Crippen LogP contribution in [0.2, 0.25) is 0 Å². The molecular formula is C14H19NOS. The molecule has 3 heteroatoms. The Balaban J connectivity index is 2.79. The second kappa shape index (κ2) is 5.23. The fourth-order valence-electron chi connectivity index (χ4n) is 1.22. The van der Waals surface area contributed by atoms with Crippen molar-refractivity contribution in [3.05, 3.63) is 54.3 Å². The van der Waals surface area contributed by atoms with Crippen molar-refractivity contribution in [2.75, 3.05) is 5.88 Å². The van der Waals surface area contributed by atoms with Crippen LogP contribution in [0.1, 0.15) is 12.5 Å². The first kappa shape index (κ1) is 13.6. The van der Waals surface area contributed by atoms with E-state index in [2.05, 4.69) is 24.3 Å². The Labute approximate surface area is 104 Å². The smallest absolute Gasteiger partial charge is 0.0876 e. The Morgan fingerprint density at radius 1 is 1.29 bits per heavy atom. The maximum Gasteiger partial charge on any atom is 0.0876 e. The maximum absolute atomic E-state index is 12.4. The number of rotatable bonds is 5. The van der Waals surface area contributed by atoms with Crippen LogP contribution in [0.4, 0.5) is 0 Å². The van der Waals surface area contributed by atoms with Gasteiger partial charge in [-0.3, -0.25) is 4.21 Å². The number of nitrogens with one attached hydrogen (secondary N) is 1. The molecule has 0 aliphatic carbocycles. The zero-order valence-electron chi connectivity index (χ0n) is 10.5. The van der Waals surface area contributed by atoms with E-state index in [4.69, 9.17) is 0 Å². The van der Waals surface area contributed by atoms with Gasteiger partial charge in [-0.05, 0) is 37.4 Å². The highest BCUT2D eigenvalue weighted by molar-refractivity contribution is 8.00. The zero-order chi connectivity index (χ0) is 13.1. The molecule has 0 spiro atoms. The van der Waals surface area contributed by atoms with Crippen LogP contribution in [-0.4, -0.2) is 16.0 Å². The molecule has 0 amide bonds. The second-order valence-electron chi connectivity index (χ2n) is 4.20. The van der Waals surface area contributed by atoms with Crippen molar-refractivity contribution in [3.63, 3.8) is 0 Å². The Morgan fingerprint density at radius 3 is 2.29 bits per heavy atom. The Bertz CT molecular complexity index is 524. The molecule has 1 N–H and O–H groups in total. The van der Waals surface area contributed by atoms with Crippen LogP contribution >= 0.6 is 0 Å². The van der Waals surface area contributed by atoms with Crippen LogP contribution in [0, 0.1) is 6.92 Å². The van der Waals surface area contributed by atoms with E-state index in [1.807, 2.05) is 38.1 Å². The maximum atomic E-state index is 12.4. The highest BCUT2D eigenvalue weighted by Crippen LogP contribution is 2.12. The second-order valence-corrected chi connectivity index (χ2v) is 6.59. The molecule has 0 fully saturated rings. The summed E-state index contributed by atoms with van der Waals surface area (Å²) >= 11 is 0. The largest absolute Gasteiger partial charge is 0.374 e. The van der Waals surface area contributed by atoms with Crippen molar-refractivity contribution in [2.24, 2.45) is 0 Å². The fraction of sp³-hybridized carbons (Fsp3) is 0.214. The fourth-order valence-corrected chi connectivity index (χ4v) is 2.43. The predicted octanol–water partition coefficient (Wildman–Crippen LogP) is 2.71. The van der Waals surface area contributed by atoms with Crippen molar-refractivity contribution in [1.82, 2.24) is 5.32 Å². The molecule has 1 unspecified atom stereocenters. The summed E-state index contributed by atoms with van der Waals surface area (Å²) in [6, 6.07) is 7.59. The molecule has 0 aromatic heterocycles. The van der Waals surface area contributed by atoms with Crippen molar-refractivity contribution >= 4 is 15.4 Å². The summed E-state index contributed by atoms with van der Waals surface area (Å²) in [6.07, 6.45) is 0. The first-order valence-corrected chi connectivity index (χ1v) is 7.23. The molecular weight excluding hydrogens is 230 g/mol. The number of hydrogen-bond acceptors (Lipinski definition) is 2. The van der Waals surface area contributed by atoms with E-state index in [9.17, 15) is 4.21 Å². The van der Waals surface area contributed by atoms with Crippen molar-refractivity contribution in [3.8, 4) is 0 Å². The summed E-state index contributed by atoms with van der Waals surface area (Å²) in [5.41, 5.74) is 2.68. The minimum Gasteiger partial charge on any atom is -0.374 e. The Morgan fingerprint density at radius 2 is 1.82 bits per heavy atom. The highest BCUT2D eigenvalue weighted by Gasteiger charge is 2.07. The van der Waals surface area contributed by atoms with Gasteiger partial charge in [0.1, 0.15) is 0 Å². The number of aryl methyl sites for hydroxylation is 1. The molecule has 0 bridgehead atoms. The van der Waals surface area contributed by atoms with Crippen LogP contribution in [0.3, 0.4) is 0 Å². The van der Waals surface area contributed by atoms with E-state index in [-0.39, 0.29) is 5.88 Å². The van der Waals surface area contributed by atoms with E-state index >= 15 is 0 Å². The minimum atomic E-state index is -2.32. The summed E-state index contributed by atoms with van der Waals surface area (Å²) in [6.45, 7) is 11.4. The molecule has 1 aromatic rings. The van der Waals surface area contributed by atoms with Crippen molar-refractivity contribution < 1.29 is 4.21 Å². The summed E-state index contributed by atoms with van der Waals surface area (Å²) in [5, 5.41) is 3.00. The highest BCUT2D eigenvalue weighted by atomic mass is 32.2. The predicted molar refractivity (Wildman–Crippen MR) is 76.7 cm³/mol. The normalized spacial score (nSPS) is 13.8. The van der Waals surface area contributed by atoms with Crippen LogP contribution in [0.15, 0.2) is 53.6 Å². The third-order valence-corrected chi connectivity index (χ3v) is 4.23. The summed E-state index contributed by atoms with van der Waals surface area (Å²) in [5.74, 6) is 4.08. The van der Waals surface area contributed by atoms with E-state index < -0.39 is 9.52 Å². The van der Waals surface area contributed by atoms with Crippen LogP contribution in [0.25, 0.3) is 0 Å². The average molecular weight is 249 g/mol. The lowest BCUT2D eigenvalue weighted by Crippen LogP contribution is -2.22. The molecule has 1 atom stereocenters. The molecule has 92 valence electrons. The van der Waals surface area contributed by atoms with Gasteiger partial charge in [-0.15, -0.1) is 0 Å². The first-order chi connectivity index (χ1) is 7.83. The molecule has 1 aromatic carbocycles. The van der Waals surface area contributed by atoms with E-state index in [1.165, 1.54) is 0 Å². The quantitative estimate of drug-likeness (QED) is 0.642. The molecule has 0 aliphatic rings. The summed E-state index contributed by atoms with van der Waals surface area (Å²) in [4.78, 5) is 0.755. The van der Waals surface area contributed by atoms with Crippen molar-refractivity contribution in [1.29, 1.82) is 0 Å². The molecule has 0 heterocycles. The number of benzene rings is 1. The lowest BCUT2D eigenvalue weighted by Gasteiger charge is -2.13. The van der Waals surface area contributed by atoms with Gasteiger partial charge < -0.3 is 5.32 Å². The van der Waals surface area contributed by atoms with Crippen LogP contribution in [0.5, 0.6) is 0 Å². The molecule has 17 heavy (non-hydrogen) atoms. The summed E-state index contributed by atoms with van der Waals surface area (Å²) in [7, 11) is -2.32. The number of hydrogen-bond donors (Lipinski definition) is 1. The Kier molecular flexibility index (Phi) is 4.18. The van der Waals surface area contributed by atoms with E-state index in [0.717, 1.165) is 16.0 Å². The lowest BCUT2D eigenvalue weighted by atomic mass is 10.2. The lowest BCUT2D eigenvalue weighted by molar-refractivity contribution is 0.677. The van der Waals surface area contributed by atoms with Gasteiger partial charge in [0.2, 0.25) is 0 Å². The summed E-state index contributed by atoms with van der Waals surface area (Å²) < 4.78 is 12.4. The van der Waals surface area contributed by atoms with Gasteiger partial charge >= 0.3 is 0 Å². The Hall–Kier alpha value is -1.48. The van der Waals surface area contributed by atoms with Gasteiger partial charge in [0.15, 0.2) is 0 Å². The zero-order valence-corrected chi connectivity index (χ0v) is 11.3. The third kappa shape index (κ3) is 3.79. The average Bonchev–Trinajstić information content (AvgIpc) is 2.26. The van der Waals surface area contributed by atoms with Gasteiger partial charge in [0, 0.05) is 20.1 Å². The first-order valence-electron chi connectivity index (χ1n) is 5.33. The number of allylic oxidation sites excluding steroid dienone is 1. The molecule has 0 aliphatic heterocycles. The van der Waals surface area contributed by atoms with Gasteiger partial charge in [-0.1, -0.05) is 30.9 Å². The molecule has 0 saturated carbocycles. The monoisotopic (exact) mass is 249 g/mol. The van der Waals surface area contributed by atoms with Crippen molar-refractivity contribution in [2.45, 2.75) is 18.7 Å². The van der Waals surface area contributed by atoms with E-state index in [0.29, 0.717) is 5.70 Å². The molecule has 1 rings (SSSR count). The van der Waals surface area contributed by atoms with Gasteiger partial charge in [-0.2, -0.15) is 0 Å². The SMILES string of the molecule is C=C(C)C(=C)NCS(=C)(=O)c1ccc(C)cc1. The van der Waals surface area contributed by atoms with E-state index in [1.54, 1.807) is 0 Å².